The number of hydrogen-bond acceptors (Lipinski definition) is 5. The number of rotatable bonds is 4. The molecule has 0 radical (unpaired) electrons. The van der Waals surface area contributed by atoms with Crippen molar-refractivity contribution in [3.05, 3.63) is 63.0 Å². The number of phenolic OH excluding ortho intramolecular Hbond substituents is 1. The molecule has 1 N–H and O–H groups in total. The van der Waals surface area contributed by atoms with Gasteiger partial charge in [0, 0.05) is 4.47 Å². The van der Waals surface area contributed by atoms with Gasteiger partial charge in [0.2, 0.25) is 0 Å². The number of hydrogen-bond donors (Lipinski definition) is 1. The summed E-state index contributed by atoms with van der Waals surface area (Å²) in [4.78, 5) is 26.4. The van der Waals surface area contributed by atoms with Gasteiger partial charge in [-0.2, -0.15) is 0 Å². The number of aromatic hydroxyl groups is 1. The molecule has 0 aromatic heterocycles. The molecule has 5 nitrogen and oxygen atoms in total. The summed E-state index contributed by atoms with van der Waals surface area (Å²) in [7, 11) is 1.45. The lowest BCUT2D eigenvalue weighted by atomic mass is 10.1. The van der Waals surface area contributed by atoms with Crippen LogP contribution < -0.4 is 4.74 Å². The average molecular weight is 420 g/mol. The molecule has 1 fully saturated rings. The van der Waals surface area contributed by atoms with Gasteiger partial charge in [0.1, 0.15) is 0 Å². The van der Waals surface area contributed by atoms with Gasteiger partial charge >= 0.3 is 0 Å². The van der Waals surface area contributed by atoms with E-state index in [1.807, 2.05) is 24.3 Å². The van der Waals surface area contributed by atoms with E-state index in [0.29, 0.717) is 16.2 Å². The molecule has 0 bridgehead atoms. The van der Waals surface area contributed by atoms with Crippen LogP contribution in [-0.2, 0) is 11.3 Å². The van der Waals surface area contributed by atoms with E-state index in [1.165, 1.54) is 18.1 Å². The SMILES string of the molecule is COc1cc(/C=C2/SC(=O)N(Cc3ccccc3Br)C2=O)ccc1O. The second kappa shape index (κ2) is 7.33. The summed E-state index contributed by atoms with van der Waals surface area (Å²) in [5.41, 5.74) is 1.53. The highest BCUT2D eigenvalue weighted by Crippen LogP contribution is 2.35. The van der Waals surface area contributed by atoms with Crippen molar-refractivity contribution in [1.82, 2.24) is 4.90 Å². The highest BCUT2D eigenvalue weighted by atomic mass is 79.9. The summed E-state index contributed by atoms with van der Waals surface area (Å²) in [6, 6.07) is 12.2. The molecule has 1 aliphatic rings. The lowest BCUT2D eigenvalue weighted by Gasteiger charge is -2.13. The van der Waals surface area contributed by atoms with Crippen LogP contribution in [0.25, 0.3) is 6.08 Å². The standard InChI is InChI=1S/C18H14BrNO4S/c1-24-15-8-11(6-7-14(15)21)9-16-17(22)20(18(23)25-16)10-12-4-2-3-5-13(12)19/h2-9,21H,10H2,1H3/b16-9+. The number of imide groups is 1. The molecular formula is C18H14BrNO4S. The van der Waals surface area contributed by atoms with Crippen LogP contribution in [0.3, 0.4) is 0 Å². The topological polar surface area (TPSA) is 66.8 Å². The molecule has 2 aromatic carbocycles. The third-order valence-electron chi connectivity index (χ3n) is 3.66. The average Bonchev–Trinajstić information content (AvgIpc) is 2.86. The van der Waals surface area contributed by atoms with Gasteiger partial charge in [0.25, 0.3) is 11.1 Å². The number of carbonyl (C=O) groups excluding carboxylic acids is 2. The second-order valence-corrected chi connectivity index (χ2v) is 7.14. The molecule has 7 heteroatoms. The zero-order chi connectivity index (χ0) is 18.0. The Balaban J connectivity index is 1.85. The number of amides is 2. The molecule has 1 saturated heterocycles. The van der Waals surface area contributed by atoms with Crippen LogP contribution >= 0.6 is 27.7 Å². The number of benzene rings is 2. The fourth-order valence-electron chi connectivity index (χ4n) is 2.37. The maximum atomic E-state index is 12.6. The van der Waals surface area contributed by atoms with Crippen molar-refractivity contribution >= 4 is 44.9 Å². The highest BCUT2D eigenvalue weighted by molar-refractivity contribution is 9.10. The Bertz CT molecular complexity index is 881. The summed E-state index contributed by atoms with van der Waals surface area (Å²) in [6.45, 7) is 0.211. The van der Waals surface area contributed by atoms with Gasteiger partial charge < -0.3 is 9.84 Å². The molecule has 1 heterocycles. The first-order valence-corrected chi connectivity index (χ1v) is 8.96. The van der Waals surface area contributed by atoms with Crippen molar-refractivity contribution in [2.24, 2.45) is 0 Å². The van der Waals surface area contributed by atoms with Crippen molar-refractivity contribution in [3.63, 3.8) is 0 Å². The Morgan fingerprint density at radius 1 is 1.24 bits per heavy atom. The number of thioether (sulfide) groups is 1. The van der Waals surface area contributed by atoms with Crippen LogP contribution in [0.5, 0.6) is 11.5 Å². The monoisotopic (exact) mass is 419 g/mol. The third kappa shape index (κ3) is 3.72. The quantitative estimate of drug-likeness (QED) is 0.743. The Morgan fingerprint density at radius 2 is 2.00 bits per heavy atom. The summed E-state index contributed by atoms with van der Waals surface area (Å²) in [5, 5.41) is 9.33. The first kappa shape index (κ1) is 17.6. The van der Waals surface area contributed by atoms with Crippen molar-refractivity contribution in [2.45, 2.75) is 6.54 Å². The molecule has 0 spiro atoms. The number of ether oxygens (including phenoxy) is 1. The maximum Gasteiger partial charge on any atom is 0.293 e. The van der Waals surface area contributed by atoms with Gasteiger partial charge in [-0.15, -0.1) is 0 Å². The van der Waals surface area contributed by atoms with Crippen molar-refractivity contribution in [1.29, 1.82) is 0 Å². The minimum Gasteiger partial charge on any atom is -0.504 e. The predicted octanol–water partition coefficient (Wildman–Crippen LogP) is 4.40. The molecule has 2 amide bonds. The smallest absolute Gasteiger partial charge is 0.293 e. The zero-order valence-electron chi connectivity index (χ0n) is 13.2. The minimum atomic E-state index is -0.335. The van der Waals surface area contributed by atoms with Gasteiger partial charge in [0.05, 0.1) is 18.6 Å². The fourth-order valence-corrected chi connectivity index (χ4v) is 3.62. The molecular weight excluding hydrogens is 406 g/mol. The van der Waals surface area contributed by atoms with E-state index < -0.39 is 0 Å². The van der Waals surface area contributed by atoms with E-state index in [-0.39, 0.29) is 23.4 Å². The molecule has 2 aromatic rings. The Morgan fingerprint density at radius 3 is 2.72 bits per heavy atom. The van der Waals surface area contributed by atoms with Crippen molar-refractivity contribution < 1.29 is 19.4 Å². The van der Waals surface area contributed by atoms with Gasteiger partial charge in [-0.05, 0) is 47.2 Å². The number of nitrogens with zero attached hydrogens (tertiary/aromatic N) is 1. The molecule has 3 rings (SSSR count). The third-order valence-corrected chi connectivity index (χ3v) is 5.34. The van der Waals surface area contributed by atoms with Crippen molar-refractivity contribution in [3.8, 4) is 11.5 Å². The van der Waals surface area contributed by atoms with E-state index in [0.717, 1.165) is 21.8 Å². The normalized spacial score (nSPS) is 15.9. The second-order valence-electron chi connectivity index (χ2n) is 5.29. The van der Waals surface area contributed by atoms with Gasteiger partial charge in [-0.25, -0.2) is 0 Å². The molecule has 128 valence electrons. The Kier molecular flexibility index (Phi) is 5.15. The van der Waals surface area contributed by atoms with E-state index in [2.05, 4.69) is 15.9 Å². The largest absolute Gasteiger partial charge is 0.504 e. The van der Waals surface area contributed by atoms with Gasteiger partial charge in [-0.1, -0.05) is 40.2 Å². The van der Waals surface area contributed by atoms with E-state index in [4.69, 9.17) is 4.74 Å². The van der Waals surface area contributed by atoms with Gasteiger partial charge in [0.15, 0.2) is 11.5 Å². The Labute approximate surface area is 157 Å². The van der Waals surface area contributed by atoms with E-state index >= 15 is 0 Å². The lowest BCUT2D eigenvalue weighted by Crippen LogP contribution is -2.27. The first-order chi connectivity index (χ1) is 12.0. The number of halogens is 1. The zero-order valence-corrected chi connectivity index (χ0v) is 15.6. The van der Waals surface area contributed by atoms with Crippen LogP contribution in [0.2, 0.25) is 0 Å². The summed E-state index contributed by atoms with van der Waals surface area (Å²) in [6.07, 6.45) is 1.62. The molecule has 1 aliphatic heterocycles. The highest BCUT2D eigenvalue weighted by Gasteiger charge is 2.35. The molecule has 25 heavy (non-hydrogen) atoms. The maximum absolute atomic E-state index is 12.6. The Hall–Kier alpha value is -2.25. The van der Waals surface area contributed by atoms with Crippen LogP contribution in [-0.4, -0.2) is 28.3 Å². The van der Waals surface area contributed by atoms with Crippen LogP contribution in [0.4, 0.5) is 4.79 Å². The number of phenols is 1. The molecule has 0 aliphatic carbocycles. The molecule has 0 saturated carbocycles. The summed E-state index contributed by atoms with van der Waals surface area (Å²) in [5.74, 6) is -0.0133. The lowest BCUT2D eigenvalue weighted by molar-refractivity contribution is -0.123. The number of carbonyl (C=O) groups is 2. The van der Waals surface area contributed by atoms with E-state index in [1.54, 1.807) is 18.2 Å². The fraction of sp³-hybridized carbons (Fsp3) is 0.111. The van der Waals surface area contributed by atoms with Crippen LogP contribution in [0.15, 0.2) is 51.8 Å². The van der Waals surface area contributed by atoms with Crippen LogP contribution in [0, 0.1) is 0 Å². The first-order valence-electron chi connectivity index (χ1n) is 7.35. The predicted molar refractivity (Wildman–Crippen MR) is 100 cm³/mol. The number of methoxy groups -OCH3 is 1. The molecule has 0 atom stereocenters. The summed E-state index contributed by atoms with van der Waals surface area (Å²) >= 11 is 4.33. The van der Waals surface area contributed by atoms with Gasteiger partial charge in [-0.3, -0.25) is 14.5 Å². The van der Waals surface area contributed by atoms with Crippen LogP contribution in [0.1, 0.15) is 11.1 Å². The van der Waals surface area contributed by atoms with E-state index in [9.17, 15) is 14.7 Å². The summed E-state index contributed by atoms with van der Waals surface area (Å²) < 4.78 is 5.91. The molecule has 0 unspecified atom stereocenters. The minimum absolute atomic E-state index is 0.0154. The van der Waals surface area contributed by atoms with Crippen molar-refractivity contribution in [2.75, 3.05) is 7.11 Å².